The number of fused-ring (bicyclic) bond motifs is 13. The first-order chi connectivity index (χ1) is 37.6. The van der Waals surface area contributed by atoms with E-state index in [0.717, 1.165) is 28.4 Å². The fourth-order valence-electron chi connectivity index (χ4n) is 12.1. The van der Waals surface area contributed by atoms with Crippen LogP contribution >= 0.6 is 34.0 Å². The number of nitrogens with one attached hydrogen (secondary N) is 1. The molecule has 0 aliphatic carbocycles. The summed E-state index contributed by atoms with van der Waals surface area (Å²) < 4.78 is 10.4. The summed E-state index contributed by atoms with van der Waals surface area (Å²) in [7, 11) is 2.52. The predicted octanol–water partition coefficient (Wildman–Crippen LogP) is 20.8. The molecule has 9 aromatic carbocycles. The molecule has 0 saturated carbocycles. The highest BCUT2D eigenvalue weighted by Crippen LogP contribution is 2.48. The largest absolute Gasteiger partial charge is 0.355 e. The molecule has 0 bridgehead atoms. The standard InChI is InChI=1S/C72H65BN3S3/c1-69(2,3)41-17-24-45(25-18-41)74-58-38-56-50-31-30-48(75(46-26-19-42(20-27-46)70(4,5)6)47-28-21-43(22-29-47)71(7,8)9)36-62(50)78-63(56)39-53(58)51-32-33-52-54-37-55-49-15-13-14-16-60(49)77-64(55)40-59(54)76-66(52)65(51)73-68-67(76)57-35-44(72(10,11)12)23-34-61(57)79-68/h13-40,74H,1-12H3. The van der Waals surface area contributed by atoms with Crippen molar-refractivity contribution < 1.29 is 0 Å². The molecule has 0 spiro atoms. The van der Waals surface area contributed by atoms with Gasteiger partial charge < -0.3 is 14.8 Å². The molecule has 389 valence electrons. The molecule has 0 unspecified atom stereocenters. The van der Waals surface area contributed by atoms with Gasteiger partial charge in [-0.1, -0.05) is 162 Å². The van der Waals surface area contributed by atoms with Crippen LogP contribution in [0.5, 0.6) is 0 Å². The van der Waals surface area contributed by atoms with Gasteiger partial charge in [0.25, 0.3) is 0 Å². The average Bonchev–Trinajstić information content (AvgIpc) is 3.56. The first kappa shape index (κ1) is 50.1. The molecule has 13 aromatic rings. The number of hydrogen-bond donors (Lipinski definition) is 1. The molecule has 14 rings (SSSR count). The Labute approximate surface area is 477 Å². The Kier molecular flexibility index (Phi) is 11.2. The first-order valence-corrected chi connectivity index (χ1v) is 30.3. The highest BCUT2D eigenvalue weighted by Gasteiger charge is 2.31. The molecule has 0 fully saturated rings. The Hall–Kier alpha value is -7.16. The minimum atomic E-state index is 0.0170. The zero-order valence-corrected chi connectivity index (χ0v) is 49.8. The third kappa shape index (κ3) is 8.32. The van der Waals surface area contributed by atoms with Gasteiger partial charge in [-0.05, 0) is 151 Å². The van der Waals surface area contributed by atoms with E-state index in [9.17, 15) is 0 Å². The molecular formula is C72H65BN3S3. The third-order valence-corrected chi connectivity index (χ3v) is 20.0. The molecule has 3 nitrogen and oxygen atoms in total. The molecule has 7 heteroatoms. The number of thiophene rings is 3. The van der Waals surface area contributed by atoms with Crippen LogP contribution in [-0.4, -0.2) is 11.8 Å². The van der Waals surface area contributed by atoms with Crippen molar-refractivity contribution in [1.82, 2.24) is 4.57 Å². The minimum Gasteiger partial charge on any atom is -0.355 e. The van der Waals surface area contributed by atoms with Gasteiger partial charge in [0.05, 0.1) is 11.2 Å². The van der Waals surface area contributed by atoms with Gasteiger partial charge in [-0.25, -0.2) is 0 Å². The van der Waals surface area contributed by atoms with E-state index < -0.39 is 0 Å². The minimum absolute atomic E-state index is 0.0170. The summed E-state index contributed by atoms with van der Waals surface area (Å²) >= 11 is 5.71. The second-order valence-electron chi connectivity index (χ2n) is 26.2. The van der Waals surface area contributed by atoms with E-state index in [1.165, 1.54) is 122 Å². The molecule has 0 atom stereocenters. The summed E-state index contributed by atoms with van der Waals surface area (Å²) in [5.41, 5.74) is 18.6. The average molecular weight is 1080 g/mol. The Balaban J connectivity index is 0.991. The summed E-state index contributed by atoms with van der Waals surface area (Å²) in [6, 6.07) is 65.3. The van der Waals surface area contributed by atoms with Gasteiger partial charge in [0.2, 0.25) is 7.28 Å². The van der Waals surface area contributed by atoms with Gasteiger partial charge in [-0.2, -0.15) is 0 Å². The summed E-state index contributed by atoms with van der Waals surface area (Å²) in [5.74, 6) is 0. The fourth-order valence-corrected chi connectivity index (χ4v) is 15.5. The van der Waals surface area contributed by atoms with Crippen LogP contribution in [0.3, 0.4) is 0 Å². The van der Waals surface area contributed by atoms with E-state index >= 15 is 0 Å². The van der Waals surface area contributed by atoms with Crippen molar-refractivity contribution >= 4 is 152 Å². The van der Waals surface area contributed by atoms with Crippen LogP contribution in [0.1, 0.15) is 105 Å². The second kappa shape index (κ2) is 17.7. The van der Waals surface area contributed by atoms with Crippen molar-refractivity contribution in [3.8, 4) is 16.8 Å². The SMILES string of the molecule is CC(C)(C)c1ccc(Nc2cc3c(cc2-c2ccc4c5cc6c(cc5n5c4c2[B]c2sc4ccc(C(C)(C)C)cc4c2-5)sc2ccccc26)sc2cc(N(c4ccc(C(C)(C)C)cc4)c4ccc(C(C)(C)C)cc4)ccc23)cc1. The van der Waals surface area contributed by atoms with Crippen molar-refractivity contribution in [2.45, 2.75) is 105 Å². The van der Waals surface area contributed by atoms with Gasteiger partial charge in [0.1, 0.15) is 0 Å². The maximum atomic E-state index is 4.03. The lowest BCUT2D eigenvalue weighted by atomic mass is 9.63. The number of anilines is 5. The molecule has 5 heterocycles. The highest BCUT2D eigenvalue weighted by molar-refractivity contribution is 7.29. The quantitative estimate of drug-likeness (QED) is 0.168. The van der Waals surface area contributed by atoms with Crippen molar-refractivity contribution in [3.05, 3.63) is 192 Å². The van der Waals surface area contributed by atoms with E-state index in [1.54, 1.807) is 0 Å². The lowest BCUT2D eigenvalue weighted by Crippen LogP contribution is -2.35. The Morgan fingerprint density at radius 1 is 0.392 bits per heavy atom. The van der Waals surface area contributed by atoms with Gasteiger partial charge in [0.15, 0.2) is 0 Å². The summed E-state index contributed by atoms with van der Waals surface area (Å²) in [6.45, 7) is 27.6. The van der Waals surface area contributed by atoms with Crippen LogP contribution in [0.4, 0.5) is 28.4 Å². The topological polar surface area (TPSA) is 20.2 Å². The lowest BCUT2D eigenvalue weighted by molar-refractivity contribution is 0.590. The second-order valence-corrected chi connectivity index (χ2v) is 29.5. The smallest absolute Gasteiger partial charge is 0.211 e. The lowest BCUT2D eigenvalue weighted by Gasteiger charge is -2.28. The monoisotopic (exact) mass is 1080 g/mol. The number of rotatable bonds is 6. The number of aromatic nitrogens is 1. The molecule has 4 aromatic heterocycles. The van der Waals surface area contributed by atoms with Crippen molar-refractivity contribution in [2.24, 2.45) is 0 Å². The Bertz CT molecular complexity index is 4560. The van der Waals surface area contributed by atoms with Crippen LogP contribution in [0.25, 0.3) is 89.1 Å². The maximum absolute atomic E-state index is 4.03. The molecule has 0 saturated heterocycles. The predicted molar refractivity (Wildman–Crippen MR) is 352 cm³/mol. The van der Waals surface area contributed by atoms with Crippen LogP contribution in [0, 0.1) is 0 Å². The summed E-state index contributed by atoms with van der Waals surface area (Å²) in [6.07, 6.45) is 0. The number of nitrogens with zero attached hydrogens (tertiary/aromatic N) is 2. The van der Waals surface area contributed by atoms with E-state index in [0.29, 0.717) is 0 Å². The van der Waals surface area contributed by atoms with Crippen LogP contribution in [0.15, 0.2) is 170 Å². The summed E-state index contributed by atoms with van der Waals surface area (Å²) in [5, 5.41) is 13.1. The maximum Gasteiger partial charge on any atom is 0.211 e. The van der Waals surface area contributed by atoms with Gasteiger partial charge in [-0.3, -0.25) is 0 Å². The van der Waals surface area contributed by atoms with Gasteiger partial charge >= 0.3 is 0 Å². The third-order valence-electron chi connectivity index (χ3n) is 16.7. The van der Waals surface area contributed by atoms with E-state index in [1.807, 2.05) is 34.0 Å². The van der Waals surface area contributed by atoms with E-state index in [-0.39, 0.29) is 21.7 Å². The molecule has 1 aliphatic rings. The van der Waals surface area contributed by atoms with Crippen molar-refractivity contribution in [3.63, 3.8) is 0 Å². The fraction of sp³-hybridized carbons (Fsp3) is 0.222. The number of hydrogen-bond acceptors (Lipinski definition) is 5. The molecule has 1 aliphatic heterocycles. The Morgan fingerprint density at radius 2 is 0.924 bits per heavy atom. The van der Waals surface area contributed by atoms with E-state index in [4.69, 9.17) is 0 Å². The molecule has 79 heavy (non-hydrogen) atoms. The first-order valence-electron chi connectivity index (χ1n) is 27.9. The van der Waals surface area contributed by atoms with Crippen molar-refractivity contribution in [1.29, 1.82) is 0 Å². The molecule has 0 amide bonds. The summed E-state index contributed by atoms with van der Waals surface area (Å²) in [4.78, 5) is 2.43. The zero-order chi connectivity index (χ0) is 54.7. The van der Waals surface area contributed by atoms with Crippen LogP contribution in [-0.2, 0) is 21.7 Å². The van der Waals surface area contributed by atoms with Crippen LogP contribution < -0.4 is 20.5 Å². The van der Waals surface area contributed by atoms with Gasteiger partial charge in [-0.15, -0.1) is 34.0 Å². The van der Waals surface area contributed by atoms with Crippen LogP contribution in [0.2, 0.25) is 0 Å². The number of benzene rings is 9. The zero-order valence-electron chi connectivity index (χ0n) is 47.4. The highest BCUT2D eigenvalue weighted by atomic mass is 32.1. The molecule has 1 N–H and O–H groups in total. The molecule has 1 radical (unpaired) electrons. The Morgan fingerprint density at radius 3 is 1.58 bits per heavy atom. The molecular weight excluding hydrogens is 1010 g/mol. The van der Waals surface area contributed by atoms with E-state index in [2.05, 4.69) is 275 Å². The normalized spacial score (nSPS) is 13.2. The van der Waals surface area contributed by atoms with Gasteiger partial charge in [0, 0.05) is 101 Å². The van der Waals surface area contributed by atoms with Crippen molar-refractivity contribution in [2.75, 3.05) is 10.2 Å².